The first-order valence-electron chi connectivity index (χ1n) is 13.8. The quantitative estimate of drug-likeness (QED) is 0.461. The molecule has 1 aliphatic carbocycles. The molecule has 2 unspecified atom stereocenters. The molecule has 9 nitrogen and oxygen atoms in total. The summed E-state index contributed by atoms with van der Waals surface area (Å²) in [7, 11) is 0. The van der Waals surface area contributed by atoms with E-state index in [4.69, 9.17) is 10.5 Å². The summed E-state index contributed by atoms with van der Waals surface area (Å²) in [5.41, 5.74) is 4.26. The number of primary amides is 1. The molecule has 2 amide bonds. The Morgan fingerprint density at radius 1 is 1.15 bits per heavy atom. The van der Waals surface area contributed by atoms with Gasteiger partial charge in [0.25, 0.3) is 5.91 Å². The normalized spacial score (nSPS) is 23.3. The first kappa shape index (κ1) is 29.2. The minimum absolute atomic E-state index is 0.00651. The molecule has 5 rings (SSSR count). The fourth-order valence-electron chi connectivity index (χ4n) is 5.93. The fraction of sp³-hybridized carbons (Fsp3) is 0.571. The number of β-amino-alcohol motifs (C(OH)–C–C–N with tert-alkyl or cyclic N) is 1. The Morgan fingerprint density at radius 2 is 1.88 bits per heavy atom. The molecule has 2 aromatic rings. The average molecular weight is 580 g/mol. The van der Waals surface area contributed by atoms with Gasteiger partial charge in [-0.3, -0.25) is 9.59 Å². The predicted octanol–water partition coefficient (Wildman–Crippen LogP) is 3.17. The number of amides is 2. The number of piperidine rings is 1. The maximum Gasteiger partial charge on any atom is 0.395 e. The molecule has 2 aliphatic heterocycles. The van der Waals surface area contributed by atoms with E-state index in [2.05, 4.69) is 9.97 Å². The monoisotopic (exact) mass is 579 g/mol. The number of nitrogens with zero attached hydrogens (tertiary/aromatic N) is 4. The van der Waals surface area contributed by atoms with Crippen LogP contribution in [0.3, 0.4) is 0 Å². The molecule has 3 aliphatic rings. The number of aliphatic hydroxyl groups excluding tert-OH is 1. The van der Waals surface area contributed by atoms with Gasteiger partial charge >= 0.3 is 6.18 Å². The number of hydrogen-bond acceptors (Lipinski definition) is 7. The molecule has 13 heteroatoms. The number of ether oxygens (including phenoxy) is 1. The van der Waals surface area contributed by atoms with Gasteiger partial charge in [-0.1, -0.05) is 12.5 Å². The van der Waals surface area contributed by atoms with Crippen LogP contribution >= 0.6 is 0 Å². The molecule has 3 fully saturated rings. The second-order valence-corrected chi connectivity index (χ2v) is 11.4. The first-order chi connectivity index (χ1) is 19.5. The van der Waals surface area contributed by atoms with E-state index in [1.165, 1.54) is 24.5 Å². The van der Waals surface area contributed by atoms with Crippen molar-refractivity contribution in [1.29, 1.82) is 0 Å². The van der Waals surface area contributed by atoms with Gasteiger partial charge in [-0.2, -0.15) is 13.2 Å². The summed E-state index contributed by atoms with van der Waals surface area (Å²) in [6, 6.07) is 2.93. The van der Waals surface area contributed by atoms with Crippen LogP contribution in [0.5, 0.6) is 5.88 Å². The van der Waals surface area contributed by atoms with Gasteiger partial charge in [-0.05, 0) is 56.8 Å². The Labute approximate surface area is 234 Å². The standard InChI is InChI=1S/C28H33F4N5O4/c29-21-10-18(2-3-20(21)26(40)37-14-19(38)11-23(37)25(33)39)22-12-35-24(13-34-22)41-15-17-4-8-36(9-5-17)16-27(6-1-7-27)28(30,31)32/h2-3,10,12-13,17,19,23,38H,1,4-9,11,14-16H2,(H2,33,39). The van der Waals surface area contributed by atoms with Crippen molar-refractivity contribution in [3.05, 3.63) is 42.0 Å². The number of benzene rings is 1. The molecule has 2 saturated heterocycles. The van der Waals surface area contributed by atoms with Crippen LogP contribution in [-0.2, 0) is 4.79 Å². The predicted molar refractivity (Wildman–Crippen MR) is 139 cm³/mol. The number of carbonyl (C=O) groups excluding carboxylic acids is 2. The number of carbonyl (C=O) groups is 2. The van der Waals surface area contributed by atoms with E-state index in [1.54, 1.807) is 0 Å². The van der Waals surface area contributed by atoms with Crippen molar-refractivity contribution in [2.45, 2.75) is 56.8 Å². The van der Waals surface area contributed by atoms with Crippen LogP contribution in [0.2, 0.25) is 0 Å². The molecule has 1 aromatic carbocycles. The number of aliphatic hydroxyl groups is 1. The summed E-state index contributed by atoms with van der Waals surface area (Å²) in [4.78, 5) is 36.0. The summed E-state index contributed by atoms with van der Waals surface area (Å²) >= 11 is 0. The molecule has 3 N–H and O–H groups in total. The summed E-state index contributed by atoms with van der Waals surface area (Å²) in [5, 5.41) is 9.84. The number of halogens is 4. The lowest BCUT2D eigenvalue weighted by Gasteiger charge is -2.47. The fourth-order valence-corrected chi connectivity index (χ4v) is 5.93. The van der Waals surface area contributed by atoms with Gasteiger partial charge in [0, 0.05) is 25.1 Å². The zero-order valence-corrected chi connectivity index (χ0v) is 22.4. The number of hydrogen-bond donors (Lipinski definition) is 2. The average Bonchev–Trinajstić information content (AvgIpc) is 3.31. The molecular formula is C28H33F4N5O4. The summed E-state index contributed by atoms with van der Waals surface area (Å²) in [5.74, 6) is -1.85. The molecule has 0 radical (unpaired) electrons. The zero-order valence-electron chi connectivity index (χ0n) is 22.4. The van der Waals surface area contributed by atoms with Crippen LogP contribution in [-0.4, -0.2) is 87.8 Å². The van der Waals surface area contributed by atoms with E-state index in [0.717, 1.165) is 23.8 Å². The van der Waals surface area contributed by atoms with Crippen molar-refractivity contribution in [2.75, 3.05) is 32.8 Å². The van der Waals surface area contributed by atoms with Crippen molar-refractivity contribution < 1.29 is 37.0 Å². The van der Waals surface area contributed by atoms with Crippen LogP contribution in [0.1, 0.15) is 48.9 Å². The van der Waals surface area contributed by atoms with Gasteiger partial charge in [-0.25, -0.2) is 14.4 Å². The van der Waals surface area contributed by atoms with Crippen molar-refractivity contribution in [1.82, 2.24) is 19.8 Å². The van der Waals surface area contributed by atoms with Crippen LogP contribution in [0, 0.1) is 17.2 Å². The van der Waals surface area contributed by atoms with E-state index in [1.807, 2.05) is 4.90 Å². The Bertz CT molecular complexity index is 1260. The van der Waals surface area contributed by atoms with Crippen molar-refractivity contribution in [2.24, 2.45) is 17.1 Å². The number of nitrogens with two attached hydrogens (primary N) is 1. The SMILES string of the molecule is NC(=O)C1CC(O)CN1C(=O)c1ccc(-c2cnc(OCC3CCN(CC4(C(F)(F)F)CCC4)CC3)cn2)cc1F. The number of alkyl halides is 3. The maximum atomic E-state index is 14.9. The number of aromatic nitrogens is 2. The van der Waals surface area contributed by atoms with Gasteiger partial charge in [0.15, 0.2) is 0 Å². The summed E-state index contributed by atoms with van der Waals surface area (Å²) in [6.07, 6.45) is 0.298. The first-order valence-corrected chi connectivity index (χ1v) is 13.8. The van der Waals surface area contributed by atoms with Crippen molar-refractivity contribution in [3.8, 4) is 17.1 Å². The highest BCUT2D eigenvalue weighted by Crippen LogP contribution is 2.53. The zero-order chi connectivity index (χ0) is 29.4. The largest absolute Gasteiger partial charge is 0.476 e. The minimum Gasteiger partial charge on any atom is -0.476 e. The molecule has 2 atom stereocenters. The molecule has 3 heterocycles. The van der Waals surface area contributed by atoms with Crippen molar-refractivity contribution >= 4 is 11.8 Å². The van der Waals surface area contributed by atoms with Crippen LogP contribution in [0.25, 0.3) is 11.3 Å². The topological polar surface area (TPSA) is 122 Å². The highest BCUT2D eigenvalue weighted by atomic mass is 19.4. The smallest absolute Gasteiger partial charge is 0.395 e. The van der Waals surface area contributed by atoms with Gasteiger partial charge in [0.05, 0.1) is 41.8 Å². The molecule has 1 saturated carbocycles. The van der Waals surface area contributed by atoms with Gasteiger partial charge in [0.2, 0.25) is 11.8 Å². The summed E-state index contributed by atoms with van der Waals surface area (Å²) < 4.78 is 61.2. The Kier molecular flexibility index (Phi) is 8.20. The number of likely N-dealkylation sites (tertiary alicyclic amines) is 2. The van der Waals surface area contributed by atoms with Gasteiger partial charge in [-0.15, -0.1) is 0 Å². The molecule has 0 bridgehead atoms. The van der Waals surface area contributed by atoms with E-state index >= 15 is 0 Å². The molecule has 1 aromatic heterocycles. The third-order valence-electron chi connectivity index (χ3n) is 8.60. The lowest BCUT2D eigenvalue weighted by atomic mass is 9.67. The molecular weight excluding hydrogens is 546 g/mol. The highest BCUT2D eigenvalue weighted by molar-refractivity contribution is 5.98. The van der Waals surface area contributed by atoms with Crippen LogP contribution < -0.4 is 10.5 Å². The third kappa shape index (κ3) is 6.15. The molecule has 222 valence electrons. The lowest BCUT2D eigenvalue weighted by Crippen LogP contribution is -2.53. The van der Waals surface area contributed by atoms with Crippen molar-refractivity contribution in [3.63, 3.8) is 0 Å². The van der Waals surface area contributed by atoms with E-state index in [-0.39, 0.29) is 49.7 Å². The second-order valence-electron chi connectivity index (χ2n) is 11.4. The van der Waals surface area contributed by atoms with Gasteiger partial charge < -0.3 is 25.4 Å². The second kappa shape index (κ2) is 11.5. The molecule has 41 heavy (non-hydrogen) atoms. The van der Waals surface area contributed by atoms with E-state index in [0.29, 0.717) is 37.4 Å². The van der Waals surface area contributed by atoms with Crippen LogP contribution in [0.15, 0.2) is 30.6 Å². The molecule has 0 spiro atoms. The summed E-state index contributed by atoms with van der Waals surface area (Å²) in [6.45, 7) is 1.53. The maximum absolute atomic E-state index is 14.9. The number of rotatable bonds is 8. The minimum atomic E-state index is -4.16. The van der Waals surface area contributed by atoms with E-state index < -0.39 is 41.4 Å². The third-order valence-corrected chi connectivity index (χ3v) is 8.60. The van der Waals surface area contributed by atoms with Gasteiger partial charge in [0.1, 0.15) is 11.9 Å². The highest BCUT2D eigenvalue weighted by Gasteiger charge is 2.58. The van der Waals surface area contributed by atoms with E-state index in [9.17, 15) is 32.3 Å². The Hall–Kier alpha value is -3.32. The Balaban J connectivity index is 1.13. The lowest BCUT2D eigenvalue weighted by molar-refractivity contribution is -0.256. The van der Waals surface area contributed by atoms with Crippen LogP contribution in [0.4, 0.5) is 17.6 Å². The Morgan fingerprint density at radius 3 is 2.44 bits per heavy atom.